The molecule has 0 spiro atoms. The number of aliphatic imine (C=N–C) groups is 1. The quantitative estimate of drug-likeness (QED) is 0.389. The molecule has 0 aromatic heterocycles. The average molecular weight is 448 g/mol. The van der Waals surface area contributed by atoms with Gasteiger partial charge in [0.1, 0.15) is 0 Å². The Morgan fingerprint density at radius 1 is 1.21 bits per heavy atom. The Labute approximate surface area is 159 Å². The number of nitrogens with one attached hydrogen (secondary N) is 2. The van der Waals surface area contributed by atoms with E-state index in [-0.39, 0.29) is 29.9 Å². The minimum atomic E-state index is 0. The molecule has 1 aromatic carbocycles. The van der Waals surface area contributed by atoms with Crippen LogP contribution in [0.2, 0.25) is 0 Å². The van der Waals surface area contributed by atoms with E-state index in [9.17, 15) is 4.79 Å². The first-order valence-corrected chi connectivity index (χ1v) is 7.63. The molecule has 0 bridgehead atoms. The van der Waals surface area contributed by atoms with Crippen LogP contribution in [0.4, 0.5) is 0 Å². The summed E-state index contributed by atoms with van der Waals surface area (Å²) in [4.78, 5) is 17.2. The number of carbonyl (C=O) groups is 1. The first kappa shape index (κ1) is 20.3. The minimum Gasteiger partial charge on any atom is -0.454 e. The molecule has 24 heavy (non-hydrogen) atoms. The first-order chi connectivity index (χ1) is 11.1. The van der Waals surface area contributed by atoms with Crippen molar-refractivity contribution in [2.75, 3.05) is 41.0 Å². The number of amides is 1. The molecule has 0 atom stereocenters. The topological polar surface area (TPSA) is 75.2 Å². The third-order valence-electron chi connectivity index (χ3n) is 3.50. The monoisotopic (exact) mass is 448 g/mol. The molecule has 2 rings (SSSR count). The number of guanidine groups is 1. The number of carbonyl (C=O) groups excluding carboxylic acids is 1. The molecule has 1 aliphatic heterocycles. The van der Waals surface area contributed by atoms with E-state index < -0.39 is 0 Å². The maximum Gasteiger partial charge on any atom is 0.231 e. The van der Waals surface area contributed by atoms with Crippen molar-refractivity contribution < 1.29 is 14.3 Å². The molecule has 0 radical (unpaired) electrons. The summed E-state index contributed by atoms with van der Waals surface area (Å²) in [5.74, 6) is 2.38. The lowest BCUT2D eigenvalue weighted by Gasteiger charge is -2.13. The largest absolute Gasteiger partial charge is 0.454 e. The molecular formula is C16H25IN4O3. The molecule has 2 N–H and O–H groups in total. The summed E-state index contributed by atoms with van der Waals surface area (Å²) in [6.45, 7) is 1.58. The molecule has 1 aliphatic rings. The molecule has 0 unspecified atom stereocenters. The molecule has 0 saturated heterocycles. The van der Waals surface area contributed by atoms with Crippen LogP contribution in [0.1, 0.15) is 12.0 Å². The van der Waals surface area contributed by atoms with Gasteiger partial charge in [0.25, 0.3) is 0 Å². The van der Waals surface area contributed by atoms with Crippen molar-refractivity contribution in [3.05, 3.63) is 23.8 Å². The second-order valence-electron chi connectivity index (χ2n) is 5.40. The summed E-state index contributed by atoms with van der Waals surface area (Å²) in [5, 5.41) is 6.36. The van der Waals surface area contributed by atoms with Gasteiger partial charge in [-0.15, -0.1) is 24.0 Å². The van der Waals surface area contributed by atoms with Gasteiger partial charge in [-0.05, 0) is 24.1 Å². The standard InChI is InChI=1S/C16H24N4O3.HI/c1-17-16(19-9-7-15(21)20(2)3)18-8-6-12-4-5-13-14(10-12)23-11-22-13;/h4-5,10H,6-9,11H2,1-3H3,(H2,17,18,19);1H. The summed E-state index contributed by atoms with van der Waals surface area (Å²) in [6, 6.07) is 5.95. The van der Waals surface area contributed by atoms with Gasteiger partial charge >= 0.3 is 0 Å². The van der Waals surface area contributed by atoms with E-state index in [0.29, 0.717) is 25.7 Å². The molecule has 0 saturated carbocycles. The Hall–Kier alpha value is -1.71. The van der Waals surface area contributed by atoms with Gasteiger partial charge in [0, 0.05) is 40.7 Å². The maximum absolute atomic E-state index is 11.5. The van der Waals surface area contributed by atoms with Crippen molar-refractivity contribution in [2.24, 2.45) is 4.99 Å². The van der Waals surface area contributed by atoms with Crippen LogP contribution < -0.4 is 20.1 Å². The molecule has 0 aliphatic carbocycles. The predicted molar refractivity (Wildman–Crippen MR) is 104 cm³/mol. The van der Waals surface area contributed by atoms with Gasteiger partial charge in [-0.3, -0.25) is 9.79 Å². The Morgan fingerprint density at radius 2 is 1.92 bits per heavy atom. The second kappa shape index (κ2) is 10.2. The van der Waals surface area contributed by atoms with E-state index in [1.165, 1.54) is 5.56 Å². The molecule has 134 valence electrons. The van der Waals surface area contributed by atoms with E-state index in [0.717, 1.165) is 24.5 Å². The van der Waals surface area contributed by atoms with Gasteiger partial charge in [0.2, 0.25) is 12.7 Å². The Bertz CT molecular complexity index is 578. The summed E-state index contributed by atoms with van der Waals surface area (Å²) < 4.78 is 10.7. The average Bonchev–Trinajstić information content (AvgIpc) is 3.00. The summed E-state index contributed by atoms with van der Waals surface area (Å²) in [5.41, 5.74) is 1.17. The highest BCUT2D eigenvalue weighted by atomic mass is 127. The molecule has 7 nitrogen and oxygen atoms in total. The number of fused-ring (bicyclic) bond motifs is 1. The van der Waals surface area contributed by atoms with Gasteiger partial charge in [0.05, 0.1) is 0 Å². The van der Waals surface area contributed by atoms with Gasteiger partial charge in [-0.2, -0.15) is 0 Å². The highest BCUT2D eigenvalue weighted by Gasteiger charge is 2.13. The molecule has 8 heteroatoms. The van der Waals surface area contributed by atoms with Crippen molar-refractivity contribution in [3.8, 4) is 11.5 Å². The lowest BCUT2D eigenvalue weighted by atomic mass is 10.1. The maximum atomic E-state index is 11.5. The number of hydrogen-bond acceptors (Lipinski definition) is 4. The van der Waals surface area contributed by atoms with Crippen molar-refractivity contribution in [3.63, 3.8) is 0 Å². The molecule has 1 amide bonds. The molecule has 1 aromatic rings. The Kier molecular flexibility index (Phi) is 8.66. The third-order valence-corrected chi connectivity index (χ3v) is 3.50. The van der Waals surface area contributed by atoms with Gasteiger partial charge in [0.15, 0.2) is 17.5 Å². The van der Waals surface area contributed by atoms with E-state index >= 15 is 0 Å². The zero-order valence-electron chi connectivity index (χ0n) is 14.3. The zero-order chi connectivity index (χ0) is 16.7. The number of benzene rings is 1. The molecule has 0 fully saturated rings. The van der Waals surface area contributed by atoms with Gasteiger partial charge in [-0.25, -0.2) is 0 Å². The lowest BCUT2D eigenvalue weighted by molar-refractivity contribution is -0.128. The fourth-order valence-corrected chi connectivity index (χ4v) is 2.15. The number of nitrogens with zero attached hydrogens (tertiary/aromatic N) is 2. The highest BCUT2D eigenvalue weighted by Crippen LogP contribution is 2.32. The molecule has 1 heterocycles. The summed E-state index contributed by atoms with van der Waals surface area (Å²) in [6.07, 6.45) is 1.28. The van der Waals surface area contributed by atoms with Crippen LogP contribution in [0, 0.1) is 0 Å². The normalized spacial score (nSPS) is 12.4. The van der Waals surface area contributed by atoms with Crippen LogP contribution in [0.5, 0.6) is 11.5 Å². The van der Waals surface area contributed by atoms with E-state index in [4.69, 9.17) is 9.47 Å². The smallest absolute Gasteiger partial charge is 0.231 e. The van der Waals surface area contributed by atoms with Crippen molar-refractivity contribution in [1.29, 1.82) is 0 Å². The summed E-state index contributed by atoms with van der Waals surface area (Å²) in [7, 11) is 5.21. The van der Waals surface area contributed by atoms with E-state index in [1.54, 1.807) is 26.0 Å². The number of hydrogen-bond donors (Lipinski definition) is 2. The first-order valence-electron chi connectivity index (χ1n) is 7.63. The van der Waals surface area contributed by atoms with Crippen molar-refractivity contribution in [2.45, 2.75) is 12.8 Å². The van der Waals surface area contributed by atoms with Gasteiger partial charge in [-0.1, -0.05) is 6.07 Å². The predicted octanol–water partition coefficient (Wildman–Crippen LogP) is 1.22. The third kappa shape index (κ3) is 6.06. The molecular weight excluding hydrogens is 423 g/mol. The van der Waals surface area contributed by atoms with Crippen LogP contribution >= 0.6 is 24.0 Å². The second-order valence-corrected chi connectivity index (χ2v) is 5.40. The van der Waals surface area contributed by atoms with Crippen LogP contribution in [0.25, 0.3) is 0 Å². The number of halogens is 1. The van der Waals surface area contributed by atoms with E-state index in [1.807, 2.05) is 18.2 Å². The van der Waals surface area contributed by atoms with Crippen molar-refractivity contribution in [1.82, 2.24) is 15.5 Å². The number of rotatable bonds is 6. The number of ether oxygens (including phenoxy) is 2. The van der Waals surface area contributed by atoms with Gasteiger partial charge < -0.3 is 25.0 Å². The highest BCUT2D eigenvalue weighted by molar-refractivity contribution is 14.0. The summed E-state index contributed by atoms with van der Waals surface area (Å²) >= 11 is 0. The van der Waals surface area contributed by atoms with Crippen LogP contribution in [-0.2, 0) is 11.2 Å². The van der Waals surface area contributed by atoms with E-state index in [2.05, 4.69) is 15.6 Å². The SMILES string of the molecule is CN=C(NCCC(=O)N(C)C)NCCc1ccc2c(c1)OCO2.I. The fraction of sp³-hybridized carbons (Fsp3) is 0.500. The van der Waals surface area contributed by atoms with Crippen molar-refractivity contribution >= 4 is 35.8 Å². The van der Waals surface area contributed by atoms with Crippen LogP contribution in [0.15, 0.2) is 23.2 Å². The Balaban J connectivity index is 0.00000288. The zero-order valence-corrected chi connectivity index (χ0v) is 16.6. The minimum absolute atomic E-state index is 0. The van der Waals surface area contributed by atoms with Crippen LogP contribution in [0.3, 0.4) is 0 Å². The lowest BCUT2D eigenvalue weighted by Crippen LogP contribution is -2.40. The fourth-order valence-electron chi connectivity index (χ4n) is 2.15. The Morgan fingerprint density at radius 3 is 2.62 bits per heavy atom. The van der Waals surface area contributed by atoms with Crippen LogP contribution in [-0.4, -0.2) is 57.8 Å².